The minimum absolute atomic E-state index is 0.0110. The summed E-state index contributed by atoms with van der Waals surface area (Å²) in [6.07, 6.45) is 15.2. The van der Waals surface area contributed by atoms with Gasteiger partial charge in [0.1, 0.15) is 11.2 Å². The van der Waals surface area contributed by atoms with Gasteiger partial charge in [0.25, 0.3) is 0 Å². The van der Waals surface area contributed by atoms with Gasteiger partial charge in [-0.25, -0.2) is 0 Å². The second kappa shape index (κ2) is 9.38. The number of hydrogen-bond donors (Lipinski definition) is 3. The Morgan fingerprint density at radius 2 is 1.89 bits per heavy atom. The summed E-state index contributed by atoms with van der Waals surface area (Å²) >= 11 is 0. The molecule has 36 heavy (non-hydrogen) atoms. The van der Waals surface area contributed by atoms with Crippen LogP contribution in [-0.4, -0.2) is 50.5 Å². The van der Waals surface area contributed by atoms with E-state index in [-0.39, 0.29) is 43.0 Å². The first-order chi connectivity index (χ1) is 16.9. The highest BCUT2D eigenvalue weighted by atomic mass is 16.6. The SMILES string of the molecule is CCCC/C=C/C=C/CC(=O)O[C@@]12C[C@H](C)[C@@]3(O)[C@@H](C=C(CO)C[C@]4(O)C(=O)C(C)=C[C@@H]34)[C@@H]1C2(C)C. The molecule has 2 fully saturated rings. The molecule has 0 saturated heterocycles. The fourth-order valence-electron chi connectivity index (χ4n) is 7.58. The number of Topliss-reactive ketones (excluding diaryl/α,β-unsaturated/α-hetero) is 1. The third-order valence-corrected chi connectivity index (χ3v) is 9.56. The fraction of sp³-hybridized carbons (Fsp3) is 0.667. The third-order valence-electron chi connectivity index (χ3n) is 9.56. The quantitative estimate of drug-likeness (QED) is 0.201. The molecule has 4 aliphatic carbocycles. The van der Waals surface area contributed by atoms with Crippen molar-refractivity contribution in [1.82, 2.24) is 0 Å². The number of unbranched alkanes of at least 4 members (excludes halogenated alkanes) is 2. The van der Waals surface area contributed by atoms with Crippen LogP contribution >= 0.6 is 0 Å². The van der Waals surface area contributed by atoms with Crippen molar-refractivity contribution in [2.75, 3.05) is 6.61 Å². The molecule has 4 aliphatic rings. The van der Waals surface area contributed by atoms with Crippen LogP contribution in [0.1, 0.15) is 73.1 Å². The van der Waals surface area contributed by atoms with Gasteiger partial charge in [0.05, 0.1) is 18.6 Å². The lowest BCUT2D eigenvalue weighted by atomic mass is 9.60. The van der Waals surface area contributed by atoms with Gasteiger partial charge in [-0.05, 0) is 36.8 Å². The molecule has 0 amide bonds. The number of aliphatic hydroxyl groups excluding tert-OH is 1. The van der Waals surface area contributed by atoms with Gasteiger partial charge in [0, 0.05) is 29.6 Å². The van der Waals surface area contributed by atoms with E-state index < -0.39 is 34.1 Å². The van der Waals surface area contributed by atoms with Crippen molar-refractivity contribution in [3.8, 4) is 0 Å². The van der Waals surface area contributed by atoms with Crippen molar-refractivity contribution >= 4 is 11.8 Å². The summed E-state index contributed by atoms with van der Waals surface area (Å²) in [5.74, 6) is -2.50. The Balaban J connectivity index is 1.61. The standard InChI is InChI=1S/C30H42O6/c1-6-7-8-9-10-11-12-13-24(32)36-29-16-20(3)30(35)22(25(29)27(29,4)5)15-21(18-31)17-28(34)23(30)14-19(2)26(28)33/h9-12,14-15,20,22-23,25,31,34-35H,6-8,13,16-18H2,1-5H3/b10-9+,12-11+/t20-,22-,23+,25+,28+,29-,30+/m0/s1. The number of rotatable bonds is 8. The molecule has 0 spiro atoms. The maximum Gasteiger partial charge on any atom is 0.310 e. The average molecular weight is 499 g/mol. The molecule has 7 atom stereocenters. The van der Waals surface area contributed by atoms with Crippen LogP contribution in [0, 0.1) is 29.1 Å². The number of ether oxygens (including phenoxy) is 1. The van der Waals surface area contributed by atoms with E-state index >= 15 is 0 Å². The predicted octanol–water partition coefficient (Wildman–Crippen LogP) is 4.20. The highest BCUT2D eigenvalue weighted by Gasteiger charge is 2.83. The molecular formula is C30H42O6. The van der Waals surface area contributed by atoms with Crippen LogP contribution < -0.4 is 0 Å². The zero-order valence-electron chi connectivity index (χ0n) is 22.3. The Bertz CT molecular complexity index is 1030. The highest BCUT2D eigenvalue weighted by Crippen LogP contribution is 2.76. The van der Waals surface area contributed by atoms with Crippen molar-refractivity contribution in [3.05, 3.63) is 47.6 Å². The summed E-state index contributed by atoms with van der Waals surface area (Å²) in [6, 6.07) is 0. The van der Waals surface area contributed by atoms with Gasteiger partial charge in [-0.3, -0.25) is 9.59 Å². The fourth-order valence-corrected chi connectivity index (χ4v) is 7.58. The van der Waals surface area contributed by atoms with E-state index in [9.17, 15) is 24.9 Å². The maximum absolute atomic E-state index is 13.0. The highest BCUT2D eigenvalue weighted by molar-refractivity contribution is 6.04. The first-order valence-electron chi connectivity index (χ1n) is 13.4. The first-order valence-corrected chi connectivity index (χ1v) is 13.4. The van der Waals surface area contributed by atoms with Crippen LogP contribution in [0.15, 0.2) is 47.6 Å². The molecule has 0 aliphatic heterocycles. The molecule has 4 rings (SSSR count). The van der Waals surface area contributed by atoms with Gasteiger partial charge in [0.2, 0.25) is 0 Å². The van der Waals surface area contributed by atoms with Gasteiger partial charge in [0.15, 0.2) is 5.78 Å². The summed E-state index contributed by atoms with van der Waals surface area (Å²) < 4.78 is 6.20. The van der Waals surface area contributed by atoms with E-state index in [0.717, 1.165) is 19.3 Å². The number of carbonyl (C=O) groups is 2. The molecule has 0 aromatic carbocycles. The van der Waals surface area contributed by atoms with Crippen molar-refractivity contribution in [3.63, 3.8) is 0 Å². The maximum atomic E-state index is 13.0. The molecule has 6 nitrogen and oxygen atoms in total. The van der Waals surface area contributed by atoms with E-state index in [1.807, 2.05) is 31.2 Å². The normalized spacial score (nSPS) is 40.8. The summed E-state index contributed by atoms with van der Waals surface area (Å²) in [5, 5.41) is 34.0. The van der Waals surface area contributed by atoms with E-state index in [2.05, 4.69) is 26.8 Å². The zero-order chi connectivity index (χ0) is 26.5. The van der Waals surface area contributed by atoms with Crippen molar-refractivity contribution in [2.45, 2.75) is 89.9 Å². The topological polar surface area (TPSA) is 104 Å². The molecule has 0 heterocycles. The predicted molar refractivity (Wildman–Crippen MR) is 138 cm³/mol. The molecule has 0 bridgehead atoms. The molecule has 0 unspecified atom stereocenters. The molecule has 6 heteroatoms. The average Bonchev–Trinajstić information content (AvgIpc) is 3.22. The Morgan fingerprint density at radius 3 is 2.56 bits per heavy atom. The van der Waals surface area contributed by atoms with Crippen LogP contribution in [0.3, 0.4) is 0 Å². The van der Waals surface area contributed by atoms with Gasteiger partial charge in [-0.2, -0.15) is 0 Å². The Morgan fingerprint density at radius 1 is 1.19 bits per heavy atom. The van der Waals surface area contributed by atoms with Crippen LogP contribution in [0.2, 0.25) is 0 Å². The Kier molecular flexibility index (Phi) is 7.04. The van der Waals surface area contributed by atoms with Crippen LogP contribution in [0.5, 0.6) is 0 Å². The molecule has 0 aromatic rings. The number of hydrogen-bond acceptors (Lipinski definition) is 6. The summed E-state index contributed by atoms with van der Waals surface area (Å²) in [7, 11) is 0. The second-order valence-electron chi connectivity index (χ2n) is 12.0. The number of fused-ring (bicyclic) bond motifs is 5. The third kappa shape index (κ3) is 3.88. The molecule has 0 radical (unpaired) electrons. The Hall–Kier alpha value is -2.02. The lowest BCUT2D eigenvalue weighted by molar-refractivity contribution is -0.186. The summed E-state index contributed by atoms with van der Waals surface area (Å²) in [5.41, 5.74) is -3.36. The minimum atomic E-state index is -1.78. The molecule has 3 N–H and O–H groups in total. The number of carbonyl (C=O) groups excluding carboxylic acids is 2. The molecule has 2 saturated carbocycles. The van der Waals surface area contributed by atoms with Gasteiger partial charge >= 0.3 is 5.97 Å². The largest absolute Gasteiger partial charge is 0.458 e. The number of ketones is 1. The van der Waals surface area contributed by atoms with E-state index in [0.29, 0.717) is 17.6 Å². The smallest absolute Gasteiger partial charge is 0.310 e. The molecule has 0 aromatic heterocycles. The van der Waals surface area contributed by atoms with Gasteiger partial charge in [-0.15, -0.1) is 0 Å². The van der Waals surface area contributed by atoms with Crippen LogP contribution in [0.4, 0.5) is 0 Å². The van der Waals surface area contributed by atoms with E-state index in [1.54, 1.807) is 13.0 Å². The number of aliphatic hydroxyl groups is 3. The minimum Gasteiger partial charge on any atom is -0.458 e. The van der Waals surface area contributed by atoms with Crippen molar-refractivity contribution in [1.29, 1.82) is 0 Å². The summed E-state index contributed by atoms with van der Waals surface area (Å²) in [6.45, 7) is 9.54. The van der Waals surface area contributed by atoms with Crippen molar-refractivity contribution in [2.24, 2.45) is 29.1 Å². The number of allylic oxidation sites excluding steroid dienone is 3. The molecular weight excluding hydrogens is 456 g/mol. The van der Waals surface area contributed by atoms with E-state index in [1.165, 1.54) is 0 Å². The lowest BCUT2D eigenvalue weighted by Crippen LogP contribution is -2.61. The van der Waals surface area contributed by atoms with Crippen molar-refractivity contribution < 1.29 is 29.6 Å². The lowest BCUT2D eigenvalue weighted by Gasteiger charge is -2.50. The van der Waals surface area contributed by atoms with E-state index in [4.69, 9.17) is 4.74 Å². The second-order valence-corrected chi connectivity index (χ2v) is 12.0. The van der Waals surface area contributed by atoms with Crippen LogP contribution in [0.25, 0.3) is 0 Å². The summed E-state index contributed by atoms with van der Waals surface area (Å²) in [4.78, 5) is 25.9. The first kappa shape index (κ1) is 27.0. The molecule has 198 valence electrons. The van der Waals surface area contributed by atoms with Gasteiger partial charge < -0.3 is 20.1 Å². The monoisotopic (exact) mass is 498 g/mol. The van der Waals surface area contributed by atoms with Gasteiger partial charge in [-0.1, -0.05) is 77.0 Å². The Labute approximate surface area is 214 Å². The van der Waals surface area contributed by atoms with Crippen LogP contribution in [-0.2, 0) is 14.3 Å². The number of esters is 1. The zero-order valence-corrected chi connectivity index (χ0v) is 22.3.